The molecular formula is C20H23ClN4O3S. The predicted octanol–water partition coefficient (Wildman–Crippen LogP) is 2.89. The summed E-state index contributed by atoms with van der Waals surface area (Å²) in [5, 5.41) is 5.86. The van der Waals surface area contributed by atoms with Gasteiger partial charge in [-0.2, -0.15) is 0 Å². The molecule has 3 aromatic rings. The summed E-state index contributed by atoms with van der Waals surface area (Å²) < 4.78 is 4.96. The number of thiophene rings is 1. The van der Waals surface area contributed by atoms with Gasteiger partial charge in [-0.3, -0.25) is 14.5 Å². The van der Waals surface area contributed by atoms with Gasteiger partial charge in [-0.25, -0.2) is 4.98 Å². The minimum absolute atomic E-state index is 0.0795. The maximum Gasteiger partial charge on any atom is 0.260 e. The third-order valence-corrected chi connectivity index (χ3v) is 5.54. The second kappa shape index (κ2) is 9.98. The van der Waals surface area contributed by atoms with E-state index in [2.05, 4.69) is 15.3 Å². The molecule has 2 aromatic heterocycles. The number of likely N-dealkylation sites (N-methyl/N-ethyl adjacent to an activating group) is 1. The molecule has 0 saturated carbocycles. The molecule has 1 aromatic carbocycles. The Bertz CT molecular complexity index is 1050. The molecule has 2 N–H and O–H groups in total. The van der Waals surface area contributed by atoms with Gasteiger partial charge in [0.1, 0.15) is 10.7 Å². The number of benzene rings is 1. The topological polar surface area (TPSA) is 87.3 Å². The van der Waals surface area contributed by atoms with Gasteiger partial charge in [-0.15, -0.1) is 11.3 Å². The molecule has 0 spiro atoms. The molecule has 9 heteroatoms. The van der Waals surface area contributed by atoms with Crippen molar-refractivity contribution in [1.82, 2.24) is 20.2 Å². The van der Waals surface area contributed by atoms with Crippen molar-refractivity contribution in [2.75, 3.05) is 33.9 Å². The number of aromatic nitrogens is 2. The fraction of sp³-hybridized carbons (Fsp3) is 0.350. The quantitative estimate of drug-likeness (QED) is 0.505. The highest BCUT2D eigenvalue weighted by molar-refractivity contribution is 7.17. The molecule has 29 heavy (non-hydrogen) atoms. The van der Waals surface area contributed by atoms with Gasteiger partial charge in [0.05, 0.1) is 18.5 Å². The second-order valence-electron chi connectivity index (χ2n) is 6.69. The minimum atomic E-state index is -0.210. The summed E-state index contributed by atoms with van der Waals surface area (Å²) in [6.07, 6.45) is 0.767. The minimum Gasteiger partial charge on any atom is -0.385 e. The number of methoxy groups -OCH3 is 1. The van der Waals surface area contributed by atoms with Crippen molar-refractivity contribution in [1.29, 1.82) is 0 Å². The highest BCUT2D eigenvalue weighted by Gasteiger charge is 2.16. The Kier molecular flexibility index (Phi) is 7.38. The third kappa shape index (κ3) is 5.42. The number of H-pyrrole nitrogens is 1. The summed E-state index contributed by atoms with van der Waals surface area (Å²) in [5.41, 5.74) is 1.38. The molecular weight excluding hydrogens is 412 g/mol. The van der Waals surface area contributed by atoms with Crippen LogP contribution in [0.4, 0.5) is 0 Å². The zero-order chi connectivity index (χ0) is 20.8. The summed E-state index contributed by atoms with van der Waals surface area (Å²) in [6, 6.07) is 7.42. The molecule has 0 radical (unpaired) electrons. The second-order valence-corrected chi connectivity index (χ2v) is 7.96. The number of rotatable bonds is 9. The lowest BCUT2D eigenvalue weighted by atomic mass is 10.1. The number of ether oxygens (including phenoxy) is 1. The lowest BCUT2D eigenvalue weighted by Gasteiger charge is -2.15. The molecule has 0 aliphatic rings. The van der Waals surface area contributed by atoms with Crippen molar-refractivity contribution < 1.29 is 9.53 Å². The van der Waals surface area contributed by atoms with Crippen LogP contribution in [0.3, 0.4) is 0 Å². The van der Waals surface area contributed by atoms with Gasteiger partial charge in [0.15, 0.2) is 0 Å². The van der Waals surface area contributed by atoms with Crippen molar-refractivity contribution in [2.24, 2.45) is 0 Å². The largest absolute Gasteiger partial charge is 0.385 e. The van der Waals surface area contributed by atoms with E-state index < -0.39 is 0 Å². The first-order valence-corrected chi connectivity index (χ1v) is 10.4. The van der Waals surface area contributed by atoms with Crippen molar-refractivity contribution in [2.45, 2.75) is 13.0 Å². The van der Waals surface area contributed by atoms with Crippen molar-refractivity contribution in [3.05, 3.63) is 50.8 Å². The van der Waals surface area contributed by atoms with Gasteiger partial charge in [0.25, 0.3) is 5.56 Å². The summed E-state index contributed by atoms with van der Waals surface area (Å²) in [6.45, 7) is 1.75. The number of hydrogen-bond acceptors (Lipinski definition) is 6. The van der Waals surface area contributed by atoms with E-state index in [9.17, 15) is 9.59 Å². The number of carbonyl (C=O) groups excluding carboxylic acids is 1. The maximum atomic E-state index is 12.7. The van der Waals surface area contributed by atoms with Crippen LogP contribution in [-0.2, 0) is 16.1 Å². The molecule has 154 valence electrons. The molecule has 0 unspecified atom stereocenters. The summed E-state index contributed by atoms with van der Waals surface area (Å²) in [7, 11) is 3.44. The fourth-order valence-corrected chi connectivity index (χ4v) is 4.20. The number of aromatic amines is 1. The Balaban J connectivity index is 1.71. The van der Waals surface area contributed by atoms with Crippen molar-refractivity contribution in [3.63, 3.8) is 0 Å². The van der Waals surface area contributed by atoms with E-state index in [-0.39, 0.29) is 18.0 Å². The normalized spacial score (nSPS) is 11.3. The molecule has 0 aliphatic carbocycles. The van der Waals surface area contributed by atoms with E-state index in [0.29, 0.717) is 40.8 Å². The monoisotopic (exact) mass is 434 g/mol. The Hall–Kier alpha value is -2.26. The van der Waals surface area contributed by atoms with Crippen LogP contribution in [-0.4, -0.2) is 54.6 Å². The van der Waals surface area contributed by atoms with E-state index >= 15 is 0 Å². The Morgan fingerprint density at radius 1 is 1.34 bits per heavy atom. The van der Waals surface area contributed by atoms with Crippen LogP contribution in [0.2, 0.25) is 5.02 Å². The molecule has 0 bridgehead atoms. The number of carbonyl (C=O) groups is 1. The van der Waals surface area contributed by atoms with Crippen LogP contribution in [0, 0.1) is 0 Å². The molecule has 0 atom stereocenters. The average molecular weight is 435 g/mol. The van der Waals surface area contributed by atoms with Crippen LogP contribution in [0.15, 0.2) is 34.4 Å². The number of halogens is 1. The standard InChI is InChI=1S/C20H23ClN4O3S/c1-25(11-17(26)22-8-5-9-28-2)10-16-23-19(27)18-14(12-29-20(18)24-16)13-6-3-4-7-15(13)21/h3-4,6-7,12H,5,8-11H2,1-2H3,(H,22,26)(H,23,24,27). The zero-order valence-electron chi connectivity index (χ0n) is 16.3. The van der Waals surface area contributed by atoms with Crippen LogP contribution >= 0.6 is 22.9 Å². The van der Waals surface area contributed by atoms with E-state index in [4.69, 9.17) is 16.3 Å². The van der Waals surface area contributed by atoms with E-state index in [1.165, 1.54) is 11.3 Å². The van der Waals surface area contributed by atoms with Crippen LogP contribution in [0.25, 0.3) is 21.3 Å². The molecule has 1 amide bonds. The molecule has 2 heterocycles. The molecule has 0 aliphatic heterocycles. The maximum absolute atomic E-state index is 12.7. The van der Waals surface area contributed by atoms with Gasteiger partial charge >= 0.3 is 0 Å². The number of hydrogen-bond donors (Lipinski definition) is 2. The summed E-state index contributed by atoms with van der Waals surface area (Å²) in [5.74, 6) is 0.439. The number of nitrogens with one attached hydrogen (secondary N) is 2. The SMILES string of the molecule is COCCCNC(=O)CN(C)Cc1nc2scc(-c3ccccc3Cl)c2c(=O)[nH]1. The lowest BCUT2D eigenvalue weighted by Crippen LogP contribution is -2.36. The molecule has 0 saturated heterocycles. The predicted molar refractivity (Wildman–Crippen MR) is 117 cm³/mol. The summed E-state index contributed by atoms with van der Waals surface area (Å²) >= 11 is 7.69. The van der Waals surface area contributed by atoms with E-state index in [1.807, 2.05) is 30.6 Å². The van der Waals surface area contributed by atoms with E-state index in [1.54, 1.807) is 18.1 Å². The van der Waals surface area contributed by atoms with E-state index in [0.717, 1.165) is 17.5 Å². The molecule has 3 rings (SSSR count). The number of nitrogens with zero attached hydrogens (tertiary/aromatic N) is 2. The first-order chi connectivity index (χ1) is 14.0. The summed E-state index contributed by atoms with van der Waals surface area (Å²) in [4.78, 5) is 34.6. The fourth-order valence-electron chi connectivity index (χ4n) is 3.00. The van der Waals surface area contributed by atoms with Gasteiger partial charge in [0.2, 0.25) is 5.91 Å². The Morgan fingerprint density at radius 2 is 2.14 bits per heavy atom. The smallest absolute Gasteiger partial charge is 0.260 e. The van der Waals surface area contributed by atoms with Gasteiger partial charge in [0, 0.05) is 41.8 Å². The lowest BCUT2D eigenvalue weighted by molar-refractivity contribution is -0.122. The van der Waals surface area contributed by atoms with Crippen LogP contribution < -0.4 is 10.9 Å². The first kappa shape index (κ1) is 21.4. The Morgan fingerprint density at radius 3 is 2.90 bits per heavy atom. The first-order valence-electron chi connectivity index (χ1n) is 9.19. The highest BCUT2D eigenvalue weighted by Crippen LogP contribution is 2.34. The molecule has 0 fully saturated rings. The zero-order valence-corrected chi connectivity index (χ0v) is 17.9. The van der Waals surface area contributed by atoms with Crippen molar-refractivity contribution in [3.8, 4) is 11.1 Å². The van der Waals surface area contributed by atoms with Gasteiger partial charge in [-0.05, 0) is 19.5 Å². The highest BCUT2D eigenvalue weighted by atomic mass is 35.5. The third-order valence-electron chi connectivity index (χ3n) is 4.34. The van der Waals surface area contributed by atoms with Crippen LogP contribution in [0.5, 0.6) is 0 Å². The van der Waals surface area contributed by atoms with Crippen LogP contribution in [0.1, 0.15) is 12.2 Å². The van der Waals surface area contributed by atoms with Gasteiger partial charge in [-0.1, -0.05) is 29.8 Å². The number of amides is 1. The molecule has 7 nitrogen and oxygen atoms in total. The average Bonchev–Trinajstić information content (AvgIpc) is 3.10. The Labute approximate surface area is 177 Å². The number of fused-ring (bicyclic) bond motifs is 1. The van der Waals surface area contributed by atoms with Crippen molar-refractivity contribution >= 4 is 39.1 Å². The van der Waals surface area contributed by atoms with Gasteiger partial charge < -0.3 is 15.0 Å².